The first kappa shape index (κ1) is 15.4. The van der Waals surface area contributed by atoms with Gasteiger partial charge in [0.25, 0.3) is 5.91 Å². The molecule has 1 aliphatic rings. The lowest BCUT2D eigenvalue weighted by Gasteiger charge is -2.13. The third kappa shape index (κ3) is 3.75. The van der Waals surface area contributed by atoms with Crippen LogP contribution in [0.2, 0.25) is 0 Å². The van der Waals surface area contributed by atoms with Crippen molar-refractivity contribution in [2.75, 3.05) is 5.75 Å². The standard InChI is InChI=1S/C14H24N4OS/c1-5-20-10-7-6-9(8-10)15-12(19)11-16-13(18-17-11)14(2,3)4/h9-10H,5-8H2,1-4H3,(H,15,19)(H,16,17,18). The molecule has 20 heavy (non-hydrogen) atoms. The number of amides is 1. The van der Waals surface area contributed by atoms with Crippen LogP contribution in [0.15, 0.2) is 0 Å². The zero-order chi connectivity index (χ0) is 14.8. The van der Waals surface area contributed by atoms with Gasteiger partial charge in [-0.05, 0) is 25.0 Å². The van der Waals surface area contributed by atoms with Crippen LogP contribution in [-0.2, 0) is 5.41 Å². The molecular formula is C14H24N4OS. The number of nitrogens with zero attached hydrogens (tertiary/aromatic N) is 2. The Morgan fingerprint density at radius 2 is 2.20 bits per heavy atom. The Morgan fingerprint density at radius 1 is 1.45 bits per heavy atom. The maximum Gasteiger partial charge on any atom is 0.291 e. The van der Waals surface area contributed by atoms with Gasteiger partial charge in [0.2, 0.25) is 5.82 Å². The van der Waals surface area contributed by atoms with E-state index in [1.807, 2.05) is 32.5 Å². The van der Waals surface area contributed by atoms with Crippen molar-refractivity contribution in [3.05, 3.63) is 11.6 Å². The molecule has 0 saturated heterocycles. The Balaban J connectivity index is 1.91. The highest BCUT2D eigenvalue weighted by atomic mass is 32.2. The first-order valence-electron chi connectivity index (χ1n) is 7.25. The number of carbonyl (C=O) groups excluding carboxylic acids is 1. The Morgan fingerprint density at radius 3 is 2.80 bits per heavy atom. The van der Waals surface area contributed by atoms with Crippen molar-refractivity contribution in [1.82, 2.24) is 20.5 Å². The fourth-order valence-corrected chi connectivity index (χ4v) is 3.55. The molecule has 0 spiro atoms. The third-order valence-electron chi connectivity index (χ3n) is 3.52. The minimum absolute atomic E-state index is 0.123. The molecular weight excluding hydrogens is 272 g/mol. The van der Waals surface area contributed by atoms with E-state index in [0.29, 0.717) is 5.25 Å². The molecule has 1 aromatic rings. The lowest BCUT2D eigenvalue weighted by Crippen LogP contribution is -2.33. The molecule has 0 aliphatic heterocycles. The highest BCUT2D eigenvalue weighted by Gasteiger charge is 2.27. The van der Waals surface area contributed by atoms with Crippen LogP contribution in [0.1, 0.15) is 63.4 Å². The lowest BCUT2D eigenvalue weighted by atomic mass is 9.96. The number of aromatic amines is 1. The summed E-state index contributed by atoms with van der Waals surface area (Å²) >= 11 is 1.98. The molecule has 1 aliphatic carbocycles. The summed E-state index contributed by atoms with van der Waals surface area (Å²) in [6.07, 6.45) is 3.30. The van der Waals surface area contributed by atoms with Crippen LogP contribution in [0.5, 0.6) is 0 Å². The van der Waals surface area contributed by atoms with Crippen molar-refractivity contribution < 1.29 is 4.79 Å². The van der Waals surface area contributed by atoms with Gasteiger partial charge in [-0.25, -0.2) is 4.98 Å². The zero-order valence-corrected chi connectivity index (χ0v) is 13.5. The largest absolute Gasteiger partial charge is 0.346 e. The Hall–Kier alpha value is -1.04. The van der Waals surface area contributed by atoms with Crippen LogP contribution >= 0.6 is 11.8 Å². The summed E-state index contributed by atoms with van der Waals surface area (Å²) in [5.41, 5.74) is -0.123. The number of nitrogens with one attached hydrogen (secondary N) is 2. The molecule has 1 fully saturated rings. The number of hydrogen-bond acceptors (Lipinski definition) is 4. The van der Waals surface area contributed by atoms with Gasteiger partial charge in [-0.1, -0.05) is 27.7 Å². The van der Waals surface area contributed by atoms with Gasteiger partial charge >= 0.3 is 0 Å². The van der Waals surface area contributed by atoms with Crippen molar-refractivity contribution in [1.29, 1.82) is 0 Å². The van der Waals surface area contributed by atoms with Crippen LogP contribution in [-0.4, -0.2) is 38.1 Å². The highest BCUT2D eigenvalue weighted by Crippen LogP contribution is 2.29. The molecule has 0 radical (unpaired) electrons. The molecule has 2 unspecified atom stereocenters. The van der Waals surface area contributed by atoms with Crippen LogP contribution in [0, 0.1) is 0 Å². The predicted octanol–water partition coefficient (Wildman–Crippen LogP) is 2.51. The van der Waals surface area contributed by atoms with E-state index in [-0.39, 0.29) is 23.2 Å². The molecule has 0 aromatic carbocycles. The molecule has 2 N–H and O–H groups in total. The number of hydrogen-bond donors (Lipinski definition) is 2. The second-order valence-electron chi connectivity index (χ2n) is 6.32. The highest BCUT2D eigenvalue weighted by molar-refractivity contribution is 7.99. The summed E-state index contributed by atoms with van der Waals surface area (Å²) in [6, 6.07) is 0.267. The summed E-state index contributed by atoms with van der Waals surface area (Å²) in [5, 5.41) is 10.6. The number of H-pyrrole nitrogens is 1. The number of rotatable bonds is 4. The number of carbonyl (C=O) groups is 1. The van der Waals surface area contributed by atoms with Gasteiger partial charge in [-0.3, -0.25) is 9.89 Å². The SMILES string of the molecule is CCSC1CCC(NC(=O)c2n[nH]c(C(C)(C)C)n2)C1. The average Bonchev–Trinajstić information content (AvgIpc) is 2.97. The molecule has 1 amide bonds. The summed E-state index contributed by atoms with van der Waals surface area (Å²) < 4.78 is 0. The molecule has 1 aromatic heterocycles. The van der Waals surface area contributed by atoms with Crippen molar-refractivity contribution in [3.63, 3.8) is 0 Å². The number of aromatic nitrogens is 3. The molecule has 6 heteroatoms. The van der Waals surface area contributed by atoms with Crippen LogP contribution in [0.25, 0.3) is 0 Å². The molecule has 5 nitrogen and oxygen atoms in total. The minimum Gasteiger partial charge on any atom is -0.346 e. The van der Waals surface area contributed by atoms with E-state index in [2.05, 4.69) is 27.4 Å². The van der Waals surface area contributed by atoms with Crippen LogP contribution < -0.4 is 5.32 Å². The van der Waals surface area contributed by atoms with Crippen molar-refractivity contribution in [2.24, 2.45) is 0 Å². The first-order valence-corrected chi connectivity index (χ1v) is 8.30. The third-order valence-corrected chi connectivity index (χ3v) is 4.75. The number of thioether (sulfide) groups is 1. The van der Waals surface area contributed by atoms with Gasteiger partial charge < -0.3 is 5.32 Å². The van der Waals surface area contributed by atoms with Crippen LogP contribution in [0.3, 0.4) is 0 Å². The fourth-order valence-electron chi connectivity index (χ4n) is 2.41. The molecule has 1 heterocycles. The maximum absolute atomic E-state index is 12.1. The molecule has 112 valence electrons. The van der Waals surface area contributed by atoms with Gasteiger partial charge in [0, 0.05) is 16.7 Å². The first-order chi connectivity index (χ1) is 9.40. The summed E-state index contributed by atoms with van der Waals surface area (Å²) in [5.74, 6) is 1.97. The van der Waals surface area contributed by atoms with Crippen molar-refractivity contribution in [3.8, 4) is 0 Å². The molecule has 2 rings (SSSR count). The van der Waals surface area contributed by atoms with Gasteiger partial charge in [0.05, 0.1) is 0 Å². The summed E-state index contributed by atoms with van der Waals surface area (Å²) in [7, 11) is 0. The maximum atomic E-state index is 12.1. The van der Waals surface area contributed by atoms with E-state index in [1.54, 1.807) is 0 Å². The van der Waals surface area contributed by atoms with E-state index in [0.717, 1.165) is 24.4 Å². The van der Waals surface area contributed by atoms with E-state index in [1.165, 1.54) is 6.42 Å². The Labute approximate surface area is 124 Å². The normalized spacial score (nSPS) is 23.0. The second kappa shape index (κ2) is 6.16. The summed E-state index contributed by atoms with van der Waals surface area (Å²) in [4.78, 5) is 16.4. The Kier molecular flexibility index (Phi) is 4.73. The molecule has 0 bridgehead atoms. The lowest BCUT2D eigenvalue weighted by molar-refractivity contribution is 0.0927. The van der Waals surface area contributed by atoms with E-state index >= 15 is 0 Å². The smallest absolute Gasteiger partial charge is 0.291 e. The summed E-state index contributed by atoms with van der Waals surface area (Å²) in [6.45, 7) is 8.30. The Bertz CT molecular complexity index is 466. The van der Waals surface area contributed by atoms with Gasteiger partial charge in [-0.2, -0.15) is 11.8 Å². The van der Waals surface area contributed by atoms with Gasteiger partial charge in [0.15, 0.2) is 0 Å². The zero-order valence-electron chi connectivity index (χ0n) is 12.7. The average molecular weight is 296 g/mol. The topological polar surface area (TPSA) is 70.7 Å². The van der Waals surface area contributed by atoms with Crippen molar-refractivity contribution in [2.45, 2.75) is 63.7 Å². The van der Waals surface area contributed by atoms with Crippen LogP contribution in [0.4, 0.5) is 0 Å². The minimum atomic E-state index is -0.163. The van der Waals surface area contributed by atoms with E-state index in [4.69, 9.17) is 0 Å². The second-order valence-corrected chi connectivity index (χ2v) is 7.90. The van der Waals surface area contributed by atoms with E-state index < -0.39 is 0 Å². The van der Waals surface area contributed by atoms with Gasteiger partial charge in [-0.15, -0.1) is 5.10 Å². The van der Waals surface area contributed by atoms with Crippen molar-refractivity contribution >= 4 is 17.7 Å². The quantitative estimate of drug-likeness (QED) is 0.895. The predicted molar refractivity (Wildman–Crippen MR) is 82.1 cm³/mol. The monoisotopic (exact) mass is 296 g/mol. The molecule has 1 saturated carbocycles. The fraction of sp³-hybridized carbons (Fsp3) is 0.786. The molecule has 2 atom stereocenters. The van der Waals surface area contributed by atoms with E-state index in [9.17, 15) is 4.79 Å². The van der Waals surface area contributed by atoms with Gasteiger partial charge in [0.1, 0.15) is 5.82 Å².